The van der Waals surface area contributed by atoms with Gasteiger partial charge in [0.15, 0.2) is 17.4 Å². The van der Waals surface area contributed by atoms with Gasteiger partial charge in [0.1, 0.15) is 5.82 Å². The lowest BCUT2D eigenvalue weighted by atomic mass is 10.1. The van der Waals surface area contributed by atoms with E-state index in [0.717, 1.165) is 11.3 Å². The van der Waals surface area contributed by atoms with Gasteiger partial charge >= 0.3 is 0 Å². The summed E-state index contributed by atoms with van der Waals surface area (Å²) in [4.78, 5) is 15.0. The predicted molar refractivity (Wildman–Crippen MR) is 117 cm³/mol. The minimum atomic E-state index is -0.456. The molecule has 0 bridgehead atoms. The Bertz CT molecular complexity index is 1020. The number of aromatic nitrogens is 3. The van der Waals surface area contributed by atoms with Crippen LogP contribution in [0.15, 0.2) is 42.9 Å². The summed E-state index contributed by atoms with van der Waals surface area (Å²) in [6.07, 6.45) is 5.02. The monoisotopic (exact) mass is 430 g/mol. The van der Waals surface area contributed by atoms with E-state index in [2.05, 4.69) is 20.3 Å². The Balaban J connectivity index is 2.06. The van der Waals surface area contributed by atoms with Gasteiger partial charge in [0, 0.05) is 49.2 Å². The summed E-state index contributed by atoms with van der Waals surface area (Å²) in [7, 11) is 3.39. The highest BCUT2D eigenvalue weighted by Gasteiger charge is 2.20. The van der Waals surface area contributed by atoms with Crippen LogP contribution in [0, 0.1) is 5.82 Å². The number of ether oxygens (including phenoxy) is 1. The van der Waals surface area contributed by atoms with Gasteiger partial charge in [0.05, 0.1) is 24.6 Å². The van der Waals surface area contributed by atoms with Crippen molar-refractivity contribution < 1.29 is 9.13 Å². The summed E-state index contributed by atoms with van der Waals surface area (Å²) in [6, 6.07) is 6.17. The molecule has 7 nitrogen and oxygen atoms in total. The Hall–Kier alpha value is -2.81. The van der Waals surface area contributed by atoms with E-state index in [1.807, 2.05) is 24.9 Å². The second kappa shape index (κ2) is 9.80. The summed E-state index contributed by atoms with van der Waals surface area (Å²) in [5.74, 6) is 0.694. The minimum absolute atomic E-state index is 0.0115. The van der Waals surface area contributed by atoms with Crippen LogP contribution in [0.2, 0.25) is 5.02 Å². The number of nitrogens with zero attached hydrogens (tertiary/aromatic N) is 4. The fourth-order valence-corrected chi connectivity index (χ4v) is 3.28. The van der Waals surface area contributed by atoms with E-state index in [-0.39, 0.29) is 17.4 Å². The normalized spacial score (nSPS) is 11.9. The lowest BCUT2D eigenvalue weighted by Crippen LogP contribution is -2.27. The van der Waals surface area contributed by atoms with Crippen molar-refractivity contribution in [3.8, 4) is 17.1 Å². The molecule has 0 fully saturated rings. The van der Waals surface area contributed by atoms with Crippen LogP contribution in [-0.2, 0) is 0 Å². The van der Waals surface area contributed by atoms with Gasteiger partial charge in [-0.1, -0.05) is 11.6 Å². The van der Waals surface area contributed by atoms with Crippen molar-refractivity contribution in [3.05, 3.63) is 59.3 Å². The van der Waals surface area contributed by atoms with Gasteiger partial charge in [0.25, 0.3) is 0 Å². The summed E-state index contributed by atoms with van der Waals surface area (Å²) < 4.78 is 19.8. The molecule has 1 aromatic carbocycles. The van der Waals surface area contributed by atoms with Crippen molar-refractivity contribution in [1.82, 2.24) is 20.3 Å². The Kier molecular flexibility index (Phi) is 7.15. The molecule has 0 spiro atoms. The van der Waals surface area contributed by atoms with Gasteiger partial charge in [-0.3, -0.25) is 4.98 Å². The molecule has 0 aliphatic rings. The summed E-state index contributed by atoms with van der Waals surface area (Å²) >= 11 is 6.04. The lowest BCUT2D eigenvalue weighted by molar-refractivity contribution is 0.412. The molecule has 0 saturated heterocycles. The van der Waals surface area contributed by atoms with Crippen LogP contribution in [-0.4, -0.2) is 42.2 Å². The molecule has 1 atom stereocenters. The number of hydrogen-bond acceptors (Lipinski definition) is 7. The van der Waals surface area contributed by atoms with E-state index in [1.54, 1.807) is 12.4 Å². The van der Waals surface area contributed by atoms with E-state index in [1.165, 1.54) is 31.5 Å². The first-order valence-corrected chi connectivity index (χ1v) is 9.81. The number of anilines is 2. The van der Waals surface area contributed by atoms with Gasteiger partial charge < -0.3 is 20.7 Å². The number of nitrogens with one attached hydrogen (secondary N) is 1. The van der Waals surface area contributed by atoms with E-state index >= 15 is 0 Å². The van der Waals surface area contributed by atoms with Crippen molar-refractivity contribution in [2.45, 2.75) is 13.0 Å². The maximum Gasteiger partial charge on any atom is 0.180 e. The lowest BCUT2D eigenvalue weighted by Gasteiger charge is -2.25. The second-order valence-corrected chi connectivity index (χ2v) is 7.10. The van der Waals surface area contributed by atoms with Crippen LogP contribution in [0.25, 0.3) is 11.4 Å². The van der Waals surface area contributed by atoms with Crippen molar-refractivity contribution in [2.24, 2.45) is 5.73 Å². The van der Waals surface area contributed by atoms with Crippen molar-refractivity contribution >= 4 is 23.1 Å². The Morgan fingerprint density at radius 3 is 2.83 bits per heavy atom. The van der Waals surface area contributed by atoms with E-state index < -0.39 is 5.82 Å². The number of hydrogen-bond donors (Lipinski definition) is 2. The first kappa shape index (κ1) is 21.9. The zero-order valence-electron chi connectivity index (χ0n) is 17.1. The number of methoxy groups -OCH3 is 1. The molecule has 2 aromatic heterocycles. The van der Waals surface area contributed by atoms with Gasteiger partial charge in [-0.2, -0.15) is 0 Å². The van der Waals surface area contributed by atoms with Crippen LogP contribution in [0.5, 0.6) is 5.75 Å². The zero-order valence-corrected chi connectivity index (χ0v) is 17.8. The maximum absolute atomic E-state index is 14.4. The quantitative estimate of drug-likeness (QED) is 0.563. The molecule has 0 aliphatic heterocycles. The topological polar surface area (TPSA) is 89.2 Å². The smallest absolute Gasteiger partial charge is 0.180 e. The molecule has 0 aliphatic carbocycles. The third-order valence-electron chi connectivity index (χ3n) is 4.69. The van der Waals surface area contributed by atoms with Crippen molar-refractivity contribution in [3.63, 3.8) is 0 Å². The molecule has 0 radical (unpaired) electrons. The van der Waals surface area contributed by atoms with Crippen LogP contribution in [0.1, 0.15) is 18.5 Å². The Morgan fingerprint density at radius 2 is 2.10 bits per heavy atom. The van der Waals surface area contributed by atoms with E-state index in [0.29, 0.717) is 29.7 Å². The highest BCUT2D eigenvalue weighted by Crippen LogP contribution is 2.35. The number of pyridine rings is 1. The van der Waals surface area contributed by atoms with Gasteiger partial charge in [-0.15, -0.1) is 0 Å². The number of nitrogens with two attached hydrogens (primary N) is 1. The molecular weight excluding hydrogens is 407 g/mol. The third-order valence-corrected chi connectivity index (χ3v) is 4.93. The molecule has 3 aromatic rings. The first-order valence-electron chi connectivity index (χ1n) is 9.43. The first-order chi connectivity index (χ1) is 14.5. The summed E-state index contributed by atoms with van der Waals surface area (Å²) in [5, 5.41) is 3.75. The Morgan fingerprint density at radius 1 is 1.30 bits per heavy atom. The van der Waals surface area contributed by atoms with Crippen molar-refractivity contribution in [2.75, 3.05) is 32.1 Å². The molecule has 0 amide bonds. The molecule has 3 rings (SSSR count). The largest absolute Gasteiger partial charge is 0.491 e. The van der Waals surface area contributed by atoms with Crippen LogP contribution in [0.3, 0.4) is 0 Å². The number of rotatable bonds is 8. The molecule has 2 heterocycles. The SMILES string of the molecule is COc1cnc(-c2cc(Cl)ccc2F)nc1N(C)c1ccncc1C(C)NCCN. The third kappa shape index (κ3) is 4.67. The Labute approximate surface area is 180 Å². The van der Waals surface area contributed by atoms with Crippen molar-refractivity contribution in [1.29, 1.82) is 0 Å². The standard InChI is InChI=1S/C21H24ClFN6O/c1-13(26-9-7-24)16-11-25-8-6-18(16)29(2)21-19(30-3)12-27-20(28-21)15-10-14(22)4-5-17(15)23/h4-6,8,10-13,26H,7,9,24H2,1-3H3. The van der Waals surface area contributed by atoms with E-state index in [9.17, 15) is 4.39 Å². The van der Waals surface area contributed by atoms with Gasteiger partial charge in [0.2, 0.25) is 0 Å². The predicted octanol–water partition coefficient (Wildman–Crippen LogP) is 3.72. The average molecular weight is 431 g/mol. The molecule has 9 heteroatoms. The molecule has 30 heavy (non-hydrogen) atoms. The summed E-state index contributed by atoms with van der Waals surface area (Å²) in [5.41, 5.74) is 7.66. The minimum Gasteiger partial charge on any atom is -0.491 e. The average Bonchev–Trinajstić information content (AvgIpc) is 2.78. The van der Waals surface area contributed by atoms with E-state index in [4.69, 9.17) is 22.1 Å². The fourth-order valence-electron chi connectivity index (χ4n) is 3.11. The fraction of sp³-hybridized carbons (Fsp3) is 0.286. The highest BCUT2D eigenvalue weighted by molar-refractivity contribution is 6.30. The zero-order chi connectivity index (χ0) is 21.7. The second-order valence-electron chi connectivity index (χ2n) is 6.67. The molecular formula is C21H24ClFN6O. The van der Waals surface area contributed by atoms with Crippen LogP contribution < -0.4 is 20.7 Å². The number of benzene rings is 1. The molecule has 158 valence electrons. The van der Waals surface area contributed by atoms with Gasteiger partial charge in [-0.05, 0) is 31.2 Å². The highest BCUT2D eigenvalue weighted by atomic mass is 35.5. The molecule has 1 unspecified atom stereocenters. The van der Waals surface area contributed by atoms with Crippen LogP contribution >= 0.6 is 11.6 Å². The molecule has 3 N–H and O–H groups in total. The van der Waals surface area contributed by atoms with Gasteiger partial charge in [-0.25, -0.2) is 14.4 Å². The maximum atomic E-state index is 14.4. The molecule has 0 saturated carbocycles. The van der Waals surface area contributed by atoms with Crippen LogP contribution in [0.4, 0.5) is 15.9 Å². The summed E-state index contributed by atoms with van der Waals surface area (Å²) in [6.45, 7) is 3.24. The number of halogens is 2.